The highest BCUT2D eigenvalue weighted by atomic mass is 16.5. The maximum absolute atomic E-state index is 10.3. The minimum absolute atomic E-state index is 0.0512. The van der Waals surface area contributed by atoms with Gasteiger partial charge in [0, 0.05) is 6.92 Å². The van der Waals surface area contributed by atoms with E-state index in [9.17, 15) is 4.79 Å². The van der Waals surface area contributed by atoms with E-state index in [0.717, 1.165) is 0 Å². The zero-order valence-electron chi connectivity index (χ0n) is 8.05. The van der Waals surface area contributed by atoms with Crippen LogP contribution >= 0.6 is 0 Å². The minimum Gasteiger partial charge on any atom is -0.463 e. The van der Waals surface area contributed by atoms with Gasteiger partial charge in [-0.25, -0.2) is 0 Å². The average Bonchev–Trinajstić information content (AvgIpc) is 2.14. The largest absolute Gasteiger partial charge is 0.463 e. The summed E-state index contributed by atoms with van der Waals surface area (Å²) in [7, 11) is 0. The van der Waals surface area contributed by atoms with E-state index in [4.69, 9.17) is 20.1 Å². The number of rotatable bonds is 7. The van der Waals surface area contributed by atoms with E-state index in [1.807, 2.05) is 0 Å². The average molecular weight is 208 g/mol. The third kappa shape index (κ3) is 7.93. The maximum atomic E-state index is 10.3. The van der Waals surface area contributed by atoms with Crippen molar-refractivity contribution in [1.82, 2.24) is 0 Å². The number of hydrogen-bond acceptors (Lipinski definition) is 6. The molecule has 0 aromatic rings. The summed E-state index contributed by atoms with van der Waals surface area (Å²) in [5.74, 6) is -0.473. The van der Waals surface area contributed by atoms with Gasteiger partial charge in [-0.05, 0) is 0 Å². The second-order valence-corrected chi connectivity index (χ2v) is 2.83. The van der Waals surface area contributed by atoms with Crippen LogP contribution in [0.25, 0.3) is 0 Å². The standard InChI is InChI=1S/C8H16O6/c1-6(10)14-5-8(12)4-13-3-7(11)2-9/h7-9,11-12H,2-5H2,1H3. The van der Waals surface area contributed by atoms with E-state index in [-0.39, 0.29) is 26.4 Å². The van der Waals surface area contributed by atoms with Crippen molar-refractivity contribution in [3.05, 3.63) is 0 Å². The molecule has 84 valence electrons. The van der Waals surface area contributed by atoms with Crippen LogP contribution in [0, 0.1) is 0 Å². The van der Waals surface area contributed by atoms with Gasteiger partial charge < -0.3 is 24.8 Å². The summed E-state index contributed by atoms with van der Waals surface area (Å²) in [5.41, 5.74) is 0. The molecule has 0 aliphatic carbocycles. The molecule has 2 unspecified atom stereocenters. The molecule has 2 atom stereocenters. The predicted octanol–water partition coefficient (Wildman–Crippen LogP) is -1.72. The molecule has 0 spiro atoms. The third-order valence-electron chi connectivity index (χ3n) is 1.31. The molecule has 6 heteroatoms. The van der Waals surface area contributed by atoms with E-state index in [0.29, 0.717) is 0 Å². The Morgan fingerprint density at radius 3 is 2.29 bits per heavy atom. The summed E-state index contributed by atoms with van der Waals surface area (Å²) in [4.78, 5) is 10.3. The molecule has 0 rings (SSSR count). The SMILES string of the molecule is CC(=O)OCC(O)COCC(O)CO. The highest BCUT2D eigenvalue weighted by Gasteiger charge is 2.08. The summed E-state index contributed by atoms with van der Waals surface area (Å²) in [6, 6.07) is 0. The fourth-order valence-electron chi connectivity index (χ4n) is 0.654. The Labute approximate surface area is 82.1 Å². The highest BCUT2D eigenvalue weighted by molar-refractivity contribution is 5.65. The number of aliphatic hydroxyl groups excluding tert-OH is 3. The van der Waals surface area contributed by atoms with Gasteiger partial charge in [-0.1, -0.05) is 0 Å². The first-order valence-electron chi connectivity index (χ1n) is 4.24. The topological polar surface area (TPSA) is 96.2 Å². The summed E-state index contributed by atoms with van der Waals surface area (Å²) in [6.07, 6.45) is -1.86. The first kappa shape index (κ1) is 13.3. The van der Waals surface area contributed by atoms with Crippen LogP contribution < -0.4 is 0 Å². The lowest BCUT2D eigenvalue weighted by molar-refractivity contribution is -0.145. The molecular weight excluding hydrogens is 192 g/mol. The molecule has 0 bridgehead atoms. The van der Waals surface area contributed by atoms with Crippen molar-refractivity contribution < 1.29 is 29.6 Å². The maximum Gasteiger partial charge on any atom is 0.302 e. The zero-order valence-corrected chi connectivity index (χ0v) is 8.05. The Bertz CT molecular complexity index is 160. The molecule has 0 aromatic carbocycles. The van der Waals surface area contributed by atoms with Gasteiger partial charge in [-0.15, -0.1) is 0 Å². The van der Waals surface area contributed by atoms with Crippen molar-refractivity contribution in [2.45, 2.75) is 19.1 Å². The molecule has 0 aliphatic rings. The van der Waals surface area contributed by atoms with E-state index in [1.54, 1.807) is 0 Å². The highest BCUT2D eigenvalue weighted by Crippen LogP contribution is 1.90. The molecule has 14 heavy (non-hydrogen) atoms. The molecule has 0 radical (unpaired) electrons. The summed E-state index contributed by atoms with van der Waals surface area (Å²) in [6.45, 7) is 0.603. The molecule has 6 nitrogen and oxygen atoms in total. The molecule has 0 aromatic heterocycles. The first-order chi connectivity index (χ1) is 6.56. The van der Waals surface area contributed by atoms with Crippen molar-refractivity contribution in [1.29, 1.82) is 0 Å². The van der Waals surface area contributed by atoms with Crippen LogP contribution in [0.5, 0.6) is 0 Å². The van der Waals surface area contributed by atoms with Gasteiger partial charge in [-0.3, -0.25) is 4.79 Å². The fraction of sp³-hybridized carbons (Fsp3) is 0.875. The van der Waals surface area contributed by atoms with E-state index in [1.165, 1.54) is 6.92 Å². The summed E-state index contributed by atoms with van der Waals surface area (Å²) >= 11 is 0. The Hall–Kier alpha value is -0.690. The van der Waals surface area contributed by atoms with Crippen LogP contribution in [-0.2, 0) is 14.3 Å². The van der Waals surface area contributed by atoms with Gasteiger partial charge in [0.2, 0.25) is 0 Å². The lowest BCUT2D eigenvalue weighted by atomic mass is 10.4. The number of ether oxygens (including phenoxy) is 2. The quantitative estimate of drug-likeness (QED) is 0.431. The van der Waals surface area contributed by atoms with Crippen molar-refractivity contribution in [2.75, 3.05) is 26.4 Å². The molecular formula is C8H16O6. The molecule has 3 N–H and O–H groups in total. The molecule has 0 amide bonds. The van der Waals surface area contributed by atoms with Crippen molar-refractivity contribution in [2.24, 2.45) is 0 Å². The Morgan fingerprint density at radius 2 is 1.79 bits per heavy atom. The predicted molar refractivity (Wildman–Crippen MR) is 46.6 cm³/mol. The third-order valence-corrected chi connectivity index (χ3v) is 1.31. The van der Waals surface area contributed by atoms with Crippen LogP contribution in [-0.4, -0.2) is 59.9 Å². The number of aliphatic hydroxyl groups is 3. The Morgan fingerprint density at radius 1 is 1.21 bits per heavy atom. The van der Waals surface area contributed by atoms with Gasteiger partial charge in [0.15, 0.2) is 0 Å². The lowest BCUT2D eigenvalue weighted by Gasteiger charge is -2.12. The monoisotopic (exact) mass is 208 g/mol. The van der Waals surface area contributed by atoms with Crippen LogP contribution in [0.2, 0.25) is 0 Å². The van der Waals surface area contributed by atoms with Gasteiger partial charge >= 0.3 is 5.97 Å². The Balaban J connectivity index is 3.35. The summed E-state index contributed by atoms with van der Waals surface area (Å²) < 4.78 is 9.34. The fourth-order valence-corrected chi connectivity index (χ4v) is 0.654. The normalized spacial score (nSPS) is 14.9. The van der Waals surface area contributed by atoms with E-state index >= 15 is 0 Å². The van der Waals surface area contributed by atoms with Crippen molar-refractivity contribution >= 4 is 5.97 Å². The smallest absolute Gasteiger partial charge is 0.302 e. The van der Waals surface area contributed by atoms with Crippen molar-refractivity contribution in [3.8, 4) is 0 Å². The second-order valence-electron chi connectivity index (χ2n) is 2.83. The zero-order chi connectivity index (χ0) is 11.0. The van der Waals surface area contributed by atoms with Gasteiger partial charge in [0.05, 0.1) is 19.8 Å². The lowest BCUT2D eigenvalue weighted by Crippen LogP contribution is -2.27. The molecule has 0 fully saturated rings. The van der Waals surface area contributed by atoms with Crippen LogP contribution in [0.15, 0.2) is 0 Å². The molecule has 0 saturated carbocycles. The number of carbonyl (C=O) groups is 1. The van der Waals surface area contributed by atoms with Crippen LogP contribution in [0.1, 0.15) is 6.92 Å². The number of carbonyl (C=O) groups excluding carboxylic acids is 1. The van der Waals surface area contributed by atoms with E-state index < -0.39 is 18.2 Å². The minimum atomic E-state index is -0.948. The molecule has 0 saturated heterocycles. The first-order valence-corrected chi connectivity index (χ1v) is 4.24. The molecule has 0 heterocycles. The van der Waals surface area contributed by atoms with Gasteiger partial charge in [0.25, 0.3) is 0 Å². The Kier molecular flexibility index (Phi) is 7.31. The van der Waals surface area contributed by atoms with Crippen LogP contribution in [0.3, 0.4) is 0 Å². The van der Waals surface area contributed by atoms with E-state index in [2.05, 4.69) is 4.74 Å². The number of esters is 1. The van der Waals surface area contributed by atoms with Gasteiger partial charge in [-0.2, -0.15) is 0 Å². The van der Waals surface area contributed by atoms with Crippen molar-refractivity contribution in [3.63, 3.8) is 0 Å². The molecule has 0 aliphatic heterocycles. The van der Waals surface area contributed by atoms with Crippen LogP contribution in [0.4, 0.5) is 0 Å². The second kappa shape index (κ2) is 7.69. The van der Waals surface area contributed by atoms with Gasteiger partial charge in [0.1, 0.15) is 18.8 Å². The number of hydrogen-bond donors (Lipinski definition) is 3. The summed E-state index contributed by atoms with van der Waals surface area (Å²) in [5, 5.41) is 26.4.